The van der Waals surface area contributed by atoms with Crippen molar-refractivity contribution >= 4 is 11.6 Å². The minimum atomic E-state index is -0.380. The molecule has 1 aliphatic heterocycles. The van der Waals surface area contributed by atoms with E-state index in [1.165, 1.54) is 21.3 Å². The van der Waals surface area contributed by atoms with Crippen LogP contribution in [0.5, 0.6) is 17.2 Å². The molecule has 0 unspecified atom stereocenters. The van der Waals surface area contributed by atoms with Gasteiger partial charge in [-0.3, -0.25) is 4.79 Å². The van der Waals surface area contributed by atoms with Crippen molar-refractivity contribution in [2.45, 2.75) is 18.9 Å². The molecule has 0 aromatic heterocycles. The summed E-state index contributed by atoms with van der Waals surface area (Å²) in [4.78, 5) is 12.0. The van der Waals surface area contributed by atoms with Gasteiger partial charge in [-0.15, -0.1) is 0 Å². The third kappa shape index (κ3) is 2.96. The van der Waals surface area contributed by atoms with Crippen LogP contribution >= 0.6 is 0 Å². The quantitative estimate of drug-likeness (QED) is 0.892. The zero-order chi connectivity index (χ0) is 14.5. The Morgan fingerprint density at radius 1 is 1.20 bits per heavy atom. The zero-order valence-corrected chi connectivity index (χ0v) is 11.9. The molecule has 0 bridgehead atoms. The van der Waals surface area contributed by atoms with Gasteiger partial charge in [0.25, 0.3) is 5.91 Å². The normalized spacial score (nSPS) is 17.6. The van der Waals surface area contributed by atoms with E-state index in [9.17, 15) is 4.79 Å². The van der Waals surface area contributed by atoms with Crippen LogP contribution in [0, 0.1) is 0 Å². The van der Waals surface area contributed by atoms with Gasteiger partial charge >= 0.3 is 0 Å². The largest absolute Gasteiger partial charge is 0.493 e. The fourth-order valence-corrected chi connectivity index (χ4v) is 2.16. The van der Waals surface area contributed by atoms with Crippen LogP contribution in [0.2, 0.25) is 0 Å². The van der Waals surface area contributed by atoms with Gasteiger partial charge in [-0.2, -0.15) is 0 Å². The topological polar surface area (TPSA) is 66.0 Å². The van der Waals surface area contributed by atoms with Crippen LogP contribution < -0.4 is 19.5 Å². The second kappa shape index (κ2) is 6.47. The molecule has 1 heterocycles. The molecular weight excluding hydrogens is 262 g/mol. The van der Waals surface area contributed by atoms with Gasteiger partial charge in [0.15, 0.2) is 11.5 Å². The Balaban J connectivity index is 2.21. The Labute approximate surface area is 118 Å². The van der Waals surface area contributed by atoms with Gasteiger partial charge in [0, 0.05) is 24.4 Å². The van der Waals surface area contributed by atoms with Gasteiger partial charge in [-0.1, -0.05) is 0 Å². The fraction of sp³-hybridized carbons (Fsp3) is 0.500. The van der Waals surface area contributed by atoms with Crippen molar-refractivity contribution in [3.05, 3.63) is 12.1 Å². The highest BCUT2D eigenvalue weighted by Crippen LogP contribution is 2.40. The SMILES string of the molecule is COc1cc(NC(=O)[C@@H]2CCCO2)cc(OC)c1OC. The number of benzene rings is 1. The van der Waals surface area contributed by atoms with E-state index >= 15 is 0 Å². The number of amides is 1. The molecule has 6 nitrogen and oxygen atoms in total. The summed E-state index contributed by atoms with van der Waals surface area (Å²) < 4.78 is 21.1. The predicted molar refractivity (Wildman–Crippen MR) is 73.7 cm³/mol. The van der Waals surface area contributed by atoms with E-state index < -0.39 is 0 Å². The Morgan fingerprint density at radius 3 is 2.30 bits per heavy atom. The Morgan fingerprint density at radius 2 is 1.85 bits per heavy atom. The molecule has 20 heavy (non-hydrogen) atoms. The molecule has 0 saturated carbocycles. The highest BCUT2D eigenvalue weighted by molar-refractivity contribution is 5.95. The van der Waals surface area contributed by atoms with Crippen molar-refractivity contribution in [3.63, 3.8) is 0 Å². The van der Waals surface area contributed by atoms with E-state index in [1.807, 2.05) is 0 Å². The molecule has 1 amide bonds. The second-order valence-corrected chi connectivity index (χ2v) is 4.40. The average molecular weight is 281 g/mol. The summed E-state index contributed by atoms with van der Waals surface area (Å²) in [6.45, 7) is 0.632. The summed E-state index contributed by atoms with van der Waals surface area (Å²) in [5.74, 6) is 1.32. The van der Waals surface area contributed by atoms with Crippen LogP contribution in [0.25, 0.3) is 0 Å². The van der Waals surface area contributed by atoms with Gasteiger partial charge in [0.2, 0.25) is 5.75 Å². The number of carbonyl (C=O) groups is 1. The Kier molecular flexibility index (Phi) is 4.68. The van der Waals surface area contributed by atoms with E-state index in [0.29, 0.717) is 29.5 Å². The standard InChI is InChI=1S/C14H19NO5/c1-17-11-7-9(8-12(18-2)13(11)19-3)15-14(16)10-5-4-6-20-10/h7-8,10H,4-6H2,1-3H3,(H,15,16)/t10-/m0/s1. The highest BCUT2D eigenvalue weighted by atomic mass is 16.5. The summed E-state index contributed by atoms with van der Waals surface area (Å²) in [5.41, 5.74) is 0.583. The molecule has 1 atom stereocenters. The van der Waals surface area contributed by atoms with Crippen LogP contribution in [-0.4, -0.2) is 39.9 Å². The third-order valence-corrected chi connectivity index (χ3v) is 3.15. The molecule has 110 valence electrons. The van der Waals surface area contributed by atoms with Crippen molar-refractivity contribution in [3.8, 4) is 17.2 Å². The summed E-state index contributed by atoms with van der Waals surface area (Å²) >= 11 is 0. The monoisotopic (exact) mass is 281 g/mol. The van der Waals surface area contributed by atoms with Crippen LogP contribution in [0.4, 0.5) is 5.69 Å². The molecule has 1 aromatic carbocycles. The summed E-state index contributed by atoms with van der Waals surface area (Å²) in [6, 6.07) is 3.38. The number of anilines is 1. The number of hydrogen-bond donors (Lipinski definition) is 1. The molecule has 1 fully saturated rings. The van der Waals surface area contributed by atoms with Gasteiger partial charge in [0.1, 0.15) is 6.10 Å². The van der Waals surface area contributed by atoms with Crippen LogP contribution in [0.1, 0.15) is 12.8 Å². The summed E-state index contributed by atoms with van der Waals surface area (Å²) in [5, 5.41) is 2.81. The van der Waals surface area contributed by atoms with Crippen molar-refractivity contribution in [1.29, 1.82) is 0 Å². The summed E-state index contributed by atoms with van der Waals surface area (Å²) in [6.07, 6.45) is 1.28. The summed E-state index contributed by atoms with van der Waals surface area (Å²) in [7, 11) is 4.59. The Bertz CT molecular complexity index is 457. The molecule has 2 rings (SSSR count). The maximum atomic E-state index is 12.0. The van der Waals surface area contributed by atoms with Crippen molar-refractivity contribution in [2.24, 2.45) is 0 Å². The maximum absolute atomic E-state index is 12.0. The van der Waals surface area contributed by atoms with E-state index in [-0.39, 0.29) is 12.0 Å². The number of methoxy groups -OCH3 is 3. The van der Waals surface area contributed by atoms with Crippen LogP contribution in [-0.2, 0) is 9.53 Å². The Hall–Kier alpha value is -1.95. The van der Waals surface area contributed by atoms with Crippen molar-refractivity contribution < 1.29 is 23.7 Å². The van der Waals surface area contributed by atoms with E-state index in [2.05, 4.69) is 5.32 Å². The molecule has 1 aliphatic rings. The molecular formula is C14H19NO5. The molecule has 0 aliphatic carbocycles. The molecule has 1 saturated heterocycles. The lowest BCUT2D eigenvalue weighted by molar-refractivity contribution is -0.124. The fourth-order valence-electron chi connectivity index (χ4n) is 2.16. The minimum absolute atomic E-state index is 0.156. The average Bonchev–Trinajstić information content (AvgIpc) is 3.00. The predicted octanol–water partition coefficient (Wildman–Crippen LogP) is 1.83. The number of carbonyl (C=O) groups excluding carboxylic acids is 1. The van der Waals surface area contributed by atoms with E-state index in [1.54, 1.807) is 12.1 Å². The lowest BCUT2D eigenvalue weighted by Crippen LogP contribution is -2.26. The first-order valence-electron chi connectivity index (χ1n) is 6.42. The van der Waals surface area contributed by atoms with Crippen LogP contribution in [0.15, 0.2) is 12.1 Å². The van der Waals surface area contributed by atoms with Crippen molar-refractivity contribution in [2.75, 3.05) is 33.3 Å². The first-order chi connectivity index (χ1) is 9.69. The number of ether oxygens (including phenoxy) is 4. The number of nitrogens with one attached hydrogen (secondary N) is 1. The number of hydrogen-bond acceptors (Lipinski definition) is 5. The lowest BCUT2D eigenvalue weighted by Gasteiger charge is -2.15. The first-order valence-corrected chi connectivity index (χ1v) is 6.42. The van der Waals surface area contributed by atoms with Crippen LogP contribution in [0.3, 0.4) is 0 Å². The first kappa shape index (κ1) is 14.5. The van der Waals surface area contributed by atoms with Gasteiger partial charge < -0.3 is 24.3 Å². The molecule has 1 N–H and O–H groups in total. The van der Waals surface area contributed by atoms with Crippen molar-refractivity contribution in [1.82, 2.24) is 0 Å². The molecule has 6 heteroatoms. The smallest absolute Gasteiger partial charge is 0.253 e. The highest BCUT2D eigenvalue weighted by Gasteiger charge is 2.24. The maximum Gasteiger partial charge on any atom is 0.253 e. The lowest BCUT2D eigenvalue weighted by atomic mass is 10.2. The minimum Gasteiger partial charge on any atom is -0.493 e. The zero-order valence-electron chi connectivity index (χ0n) is 11.9. The second-order valence-electron chi connectivity index (χ2n) is 4.40. The van der Waals surface area contributed by atoms with Gasteiger partial charge in [0.05, 0.1) is 21.3 Å². The van der Waals surface area contributed by atoms with Gasteiger partial charge in [-0.05, 0) is 12.8 Å². The van der Waals surface area contributed by atoms with E-state index in [0.717, 1.165) is 12.8 Å². The van der Waals surface area contributed by atoms with E-state index in [4.69, 9.17) is 18.9 Å². The molecule has 0 spiro atoms. The molecule has 0 radical (unpaired) electrons. The third-order valence-electron chi connectivity index (χ3n) is 3.15. The molecule has 1 aromatic rings. The van der Waals surface area contributed by atoms with Gasteiger partial charge in [-0.25, -0.2) is 0 Å². The number of rotatable bonds is 5.